The molecule has 2 amide bonds. The minimum absolute atomic E-state index is 0.0305. The number of carbonyl (C=O) groups excluding carboxylic acids is 2. The van der Waals surface area contributed by atoms with Gasteiger partial charge in [0.25, 0.3) is 0 Å². The van der Waals surface area contributed by atoms with Crippen LogP contribution in [-0.4, -0.2) is 39.2 Å². The lowest BCUT2D eigenvalue weighted by atomic mass is 9.86. The number of benzene rings is 3. The van der Waals surface area contributed by atoms with Crippen molar-refractivity contribution in [2.24, 2.45) is 0 Å². The number of fused-ring (bicyclic) bond motifs is 4. The molecule has 3 aromatic carbocycles. The molecule has 34 heavy (non-hydrogen) atoms. The van der Waals surface area contributed by atoms with E-state index < -0.39 is 6.04 Å². The first-order valence-electron chi connectivity index (χ1n) is 12.0. The number of hydrogen-bond acceptors (Lipinski definition) is 2. The first-order valence-corrected chi connectivity index (χ1v) is 12.0. The van der Waals surface area contributed by atoms with Crippen LogP contribution in [0, 0.1) is 0 Å². The summed E-state index contributed by atoms with van der Waals surface area (Å²) in [5.74, 6) is 0.0759. The van der Waals surface area contributed by atoms with E-state index >= 15 is 0 Å². The molecule has 1 N–H and O–H groups in total. The van der Waals surface area contributed by atoms with Gasteiger partial charge in [0.2, 0.25) is 11.8 Å². The van der Waals surface area contributed by atoms with Crippen LogP contribution in [0.4, 0.5) is 0 Å². The van der Waals surface area contributed by atoms with Gasteiger partial charge < -0.3 is 14.8 Å². The maximum absolute atomic E-state index is 13.7. The number of rotatable bonds is 5. The monoisotopic (exact) mass is 449 g/mol. The summed E-state index contributed by atoms with van der Waals surface area (Å²) in [5, 5.41) is 1.15. The second-order valence-electron chi connectivity index (χ2n) is 9.30. The number of aromatic nitrogens is 1. The molecule has 2 aliphatic heterocycles. The first-order chi connectivity index (χ1) is 16.7. The lowest BCUT2D eigenvalue weighted by Gasteiger charge is -2.47. The third kappa shape index (κ3) is 3.58. The number of piperazine rings is 1. The Morgan fingerprint density at radius 2 is 1.50 bits per heavy atom. The van der Waals surface area contributed by atoms with Crippen molar-refractivity contribution in [3.63, 3.8) is 0 Å². The van der Waals surface area contributed by atoms with E-state index in [1.54, 1.807) is 4.90 Å². The van der Waals surface area contributed by atoms with E-state index in [1.165, 1.54) is 11.1 Å². The van der Waals surface area contributed by atoms with Crippen molar-refractivity contribution >= 4 is 22.7 Å². The predicted octanol–water partition coefficient (Wildman–Crippen LogP) is 4.64. The van der Waals surface area contributed by atoms with Gasteiger partial charge in [-0.2, -0.15) is 0 Å². The van der Waals surface area contributed by atoms with Crippen LogP contribution in [0.1, 0.15) is 34.8 Å². The summed E-state index contributed by atoms with van der Waals surface area (Å²) in [4.78, 5) is 34.5. The molecule has 3 heterocycles. The minimum atomic E-state index is -0.461. The van der Waals surface area contributed by atoms with Gasteiger partial charge in [0, 0.05) is 29.6 Å². The predicted molar refractivity (Wildman–Crippen MR) is 132 cm³/mol. The Kier molecular flexibility index (Phi) is 5.17. The highest BCUT2D eigenvalue weighted by Gasteiger charge is 2.47. The average Bonchev–Trinajstić information content (AvgIpc) is 3.25. The molecule has 2 aliphatic rings. The molecule has 0 spiro atoms. The Bertz CT molecular complexity index is 1350. The fraction of sp³-hybridized carbons (Fsp3) is 0.241. The third-order valence-electron chi connectivity index (χ3n) is 7.23. The van der Waals surface area contributed by atoms with Gasteiger partial charge in [-0.05, 0) is 35.6 Å². The molecule has 170 valence electrons. The Morgan fingerprint density at radius 1 is 0.824 bits per heavy atom. The molecule has 1 fully saturated rings. The fourth-order valence-electron chi connectivity index (χ4n) is 5.63. The van der Waals surface area contributed by atoms with Crippen LogP contribution in [0.25, 0.3) is 10.9 Å². The highest BCUT2D eigenvalue weighted by molar-refractivity contribution is 5.97. The number of nitrogens with one attached hydrogen (secondary N) is 1. The lowest BCUT2D eigenvalue weighted by molar-refractivity contribution is -0.160. The number of carbonyl (C=O) groups is 2. The van der Waals surface area contributed by atoms with Crippen molar-refractivity contribution in [3.05, 3.63) is 107 Å². The number of nitrogens with zero attached hydrogens (tertiary/aromatic N) is 2. The van der Waals surface area contributed by atoms with E-state index in [0.717, 1.165) is 35.0 Å². The number of H-pyrrole nitrogens is 1. The number of aromatic amines is 1. The van der Waals surface area contributed by atoms with E-state index in [2.05, 4.69) is 29.2 Å². The van der Waals surface area contributed by atoms with Crippen molar-refractivity contribution in [1.82, 2.24) is 14.8 Å². The van der Waals surface area contributed by atoms with E-state index in [0.29, 0.717) is 13.0 Å². The van der Waals surface area contributed by atoms with E-state index in [9.17, 15) is 9.59 Å². The Labute approximate surface area is 199 Å². The fourth-order valence-corrected chi connectivity index (χ4v) is 5.63. The van der Waals surface area contributed by atoms with Crippen LogP contribution in [0.3, 0.4) is 0 Å². The van der Waals surface area contributed by atoms with Gasteiger partial charge in [-0.3, -0.25) is 9.59 Å². The number of para-hydroxylation sites is 1. The molecule has 2 atom stereocenters. The summed E-state index contributed by atoms with van der Waals surface area (Å²) in [6.45, 7) is 0.590. The Morgan fingerprint density at radius 3 is 2.26 bits per heavy atom. The zero-order valence-electron chi connectivity index (χ0n) is 19.0. The van der Waals surface area contributed by atoms with Crippen molar-refractivity contribution in [1.29, 1.82) is 0 Å². The first kappa shape index (κ1) is 20.7. The molecule has 1 saturated heterocycles. The SMILES string of the molecule is O=C1[C@H]2Cc3c([nH]c4ccccc34)C(CCc3ccccc3)N2C(=O)CN1Cc1ccccc1. The summed E-state index contributed by atoms with van der Waals surface area (Å²) < 4.78 is 0. The van der Waals surface area contributed by atoms with Crippen LogP contribution in [0.5, 0.6) is 0 Å². The molecular formula is C29H27N3O2. The van der Waals surface area contributed by atoms with E-state index in [-0.39, 0.29) is 24.4 Å². The van der Waals surface area contributed by atoms with Crippen molar-refractivity contribution in [3.8, 4) is 0 Å². The Balaban J connectivity index is 1.37. The summed E-state index contributed by atoms with van der Waals surface area (Å²) in [6, 6.07) is 27.9. The topological polar surface area (TPSA) is 56.4 Å². The summed E-state index contributed by atoms with van der Waals surface area (Å²) in [7, 11) is 0. The van der Waals surface area contributed by atoms with E-state index in [4.69, 9.17) is 0 Å². The largest absolute Gasteiger partial charge is 0.356 e. The second-order valence-corrected chi connectivity index (χ2v) is 9.30. The van der Waals surface area contributed by atoms with Gasteiger partial charge in [-0.15, -0.1) is 0 Å². The van der Waals surface area contributed by atoms with Crippen LogP contribution >= 0.6 is 0 Å². The molecule has 0 saturated carbocycles. The normalized spacial score (nSPS) is 19.9. The number of aryl methyl sites for hydroxylation is 1. The molecule has 5 nitrogen and oxygen atoms in total. The molecule has 0 aliphatic carbocycles. The molecule has 4 aromatic rings. The van der Waals surface area contributed by atoms with Crippen molar-refractivity contribution in [2.75, 3.05) is 6.54 Å². The smallest absolute Gasteiger partial charge is 0.246 e. The van der Waals surface area contributed by atoms with Crippen LogP contribution in [0.2, 0.25) is 0 Å². The standard InChI is InChI=1S/C29H27N3O2/c33-27-19-31(18-21-11-5-2-6-12-21)29(34)26-17-23-22-13-7-8-14-24(22)30-28(23)25(32(26)27)16-15-20-9-3-1-4-10-20/h1-14,25-26,30H,15-19H2/t25?,26-/m1/s1. The molecule has 0 bridgehead atoms. The number of hydrogen-bond donors (Lipinski definition) is 1. The Hall–Kier alpha value is -3.86. The van der Waals surface area contributed by atoms with Gasteiger partial charge in [0.1, 0.15) is 12.6 Å². The van der Waals surface area contributed by atoms with Gasteiger partial charge in [-0.1, -0.05) is 78.9 Å². The molecule has 0 radical (unpaired) electrons. The minimum Gasteiger partial charge on any atom is -0.356 e. The highest BCUT2D eigenvalue weighted by Crippen LogP contribution is 2.41. The quantitative estimate of drug-likeness (QED) is 0.483. The van der Waals surface area contributed by atoms with Gasteiger partial charge in [0.15, 0.2) is 0 Å². The molecule has 1 unspecified atom stereocenters. The highest BCUT2D eigenvalue weighted by atomic mass is 16.2. The average molecular weight is 450 g/mol. The molecular weight excluding hydrogens is 422 g/mol. The summed E-state index contributed by atoms with van der Waals surface area (Å²) >= 11 is 0. The summed E-state index contributed by atoms with van der Waals surface area (Å²) in [5.41, 5.74) is 5.62. The van der Waals surface area contributed by atoms with Gasteiger partial charge >= 0.3 is 0 Å². The zero-order chi connectivity index (χ0) is 23.1. The van der Waals surface area contributed by atoms with Gasteiger partial charge in [0.05, 0.1) is 6.04 Å². The van der Waals surface area contributed by atoms with Crippen molar-refractivity contribution < 1.29 is 9.59 Å². The van der Waals surface area contributed by atoms with E-state index in [1.807, 2.05) is 65.6 Å². The maximum atomic E-state index is 13.7. The van der Waals surface area contributed by atoms with Crippen LogP contribution in [0.15, 0.2) is 84.9 Å². The van der Waals surface area contributed by atoms with Gasteiger partial charge in [-0.25, -0.2) is 0 Å². The molecule has 5 heteroatoms. The third-order valence-corrected chi connectivity index (χ3v) is 7.23. The maximum Gasteiger partial charge on any atom is 0.246 e. The van der Waals surface area contributed by atoms with Crippen molar-refractivity contribution in [2.45, 2.75) is 37.9 Å². The summed E-state index contributed by atoms with van der Waals surface area (Å²) in [6.07, 6.45) is 2.17. The second kappa shape index (κ2) is 8.49. The van der Waals surface area contributed by atoms with Crippen LogP contribution < -0.4 is 0 Å². The lowest BCUT2D eigenvalue weighted by Crippen LogP contribution is -2.62. The molecule has 6 rings (SSSR count). The van der Waals surface area contributed by atoms with Crippen LogP contribution in [-0.2, 0) is 29.0 Å². The number of amides is 2. The zero-order valence-corrected chi connectivity index (χ0v) is 19.0. The molecule has 1 aromatic heterocycles.